The molecule has 1 aliphatic heterocycles. The first-order valence-electron chi connectivity index (χ1n) is 10.8. The average Bonchev–Trinajstić information content (AvgIpc) is 3.23. The van der Waals surface area contributed by atoms with Crippen molar-refractivity contribution < 1.29 is 22.7 Å². The molecule has 1 aliphatic rings. The van der Waals surface area contributed by atoms with Gasteiger partial charge >= 0.3 is 0 Å². The standard InChI is InChI=1S/C23H24F3N5O3/c1-11(15-5-4-6-16(19(15)24)20(25)26)27-21-17-9-18(23(33)30-22(17)29-12(2)28-21)34-14-7-8-31(10-14)13(3)32/h4-6,9,11,14,20H,7-8,10H2,1-3H3,(H2,27,28,29,30,33)/t11-,14?/m1/s1. The Labute approximate surface area is 193 Å². The highest BCUT2D eigenvalue weighted by Crippen LogP contribution is 2.30. The molecule has 0 radical (unpaired) electrons. The van der Waals surface area contributed by atoms with Crippen molar-refractivity contribution in [2.24, 2.45) is 0 Å². The van der Waals surface area contributed by atoms with E-state index in [0.29, 0.717) is 30.7 Å². The molecule has 2 atom stereocenters. The van der Waals surface area contributed by atoms with Gasteiger partial charge in [0.2, 0.25) is 5.91 Å². The van der Waals surface area contributed by atoms with Gasteiger partial charge in [0.05, 0.1) is 23.5 Å². The van der Waals surface area contributed by atoms with Crippen LogP contribution < -0.4 is 15.6 Å². The number of aromatic amines is 1. The molecule has 2 aromatic heterocycles. The molecule has 1 fully saturated rings. The number of aromatic nitrogens is 3. The fourth-order valence-electron chi connectivity index (χ4n) is 4.02. The second-order valence-corrected chi connectivity index (χ2v) is 8.26. The van der Waals surface area contributed by atoms with Gasteiger partial charge in [-0.25, -0.2) is 23.1 Å². The molecule has 4 rings (SSSR count). The number of nitrogens with one attached hydrogen (secondary N) is 2. The predicted molar refractivity (Wildman–Crippen MR) is 120 cm³/mol. The van der Waals surface area contributed by atoms with Gasteiger partial charge in [0.25, 0.3) is 12.0 Å². The van der Waals surface area contributed by atoms with Crippen LogP contribution >= 0.6 is 0 Å². The molecule has 180 valence electrons. The fraction of sp³-hybridized carbons (Fsp3) is 0.391. The van der Waals surface area contributed by atoms with Crippen LogP contribution in [0.25, 0.3) is 11.0 Å². The highest BCUT2D eigenvalue weighted by Gasteiger charge is 2.27. The first-order valence-corrected chi connectivity index (χ1v) is 10.8. The number of hydrogen-bond donors (Lipinski definition) is 2. The number of amides is 1. The molecule has 0 saturated carbocycles. The van der Waals surface area contributed by atoms with Gasteiger partial charge in [-0.1, -0.05) is 18.2 Å². The van der Waals surface area contributed by atoms with Gasteiger partial charge in [0, 0.05) is 31.5 Å². The average molecular weight is 475 g/mol. The highest BCUT2D eigenvalue weighted by atomic mass is 19.3. The lowest BCUT2D eigenvalue weighted by Crippen LogP contribution is -2.29. The summed E-state index contributed by atoms with van der Waals surface area (Å²) in [6, 6.07) is 4.62. The summed E-state index contributed by atoms with van der Waals surface area (Å²) in [5, 5.41) is 3.46. The van der Waals surface area contributed by atoms with Crippen molar-refractivity contribution in [3.05, 3.63) is 57.4 Å². The number of carbonyl (C=O) groups excluding carboxylic acids is 1. The molecular formula is C23H24F3N5O3. The maximum atomic E-state index is 14.7. The van der Waals surface area contributed by atoms with Crippen LogP contribution in [0.1, 0.15) is 49.7 Å². The van der Waals surface area contributed by atoms with E-state index < -0.39 is 29.4 Å². The number of rotatable bonds is 6. The first kappa shape index (κ1) is 23.5. The molecule has 1 unspecified atom stereocenters. The van der Waals surface area contributed by atoms with Crippen molar-refractivity contribution in [2.45, 2.75) is 45.8 Å². The first-order chi connectivity index (χ1) is 16.1. The quantitative estimate of drug-likeness (QED) is 0.561. The lowest BCUT2D eigenvalue weighted by atomic mass is 10.0. The molecule has 8 nitrogen and oxygen atoms in total. The predicted octanol–water partition coefficient (Wildman–Crippen LogP) is 3.88. The number of anilines is 1. The monoisotopic (exact) mass is 475 g/mol. The van der Waals surface area contributed by atoms with Crippen LogP contribution in [-0.2, 0) is 4.79 Å². The minimum absolute atomic E-state index is 0.0388. The molecule has 1 saturated heterocycles. The van der Waals surface area contributed by atoms with E-state index in [4.69, 9.17) is 4.74 Å². The van der Waals surface area contributed by atoms with Crippen LogP contribution in [0, 0.1) is 12.7 Å². The molecule has 0 spiro atoms. The summed E-state index contributed by atoms with van der Waals surface area (Å²) in [6.45, 7) is 5.64. The number of fused-ring (bicyclic) bond motifs is 1. The number of nitrogens with zero attached hydrogens (tertiary/aromatic N) is 3. The van der Waals surface area contributed by atoms with E-state index in [0.717, 1.165) is 6.07 Å². The van der Waals surface area contributed by atoms with Crippen LogP contribution in [0.15, 0.2) is 29.1 Å². The molecule has 3 heterocycles. The van der Waals surface area contributed by atoms with Crippen LogP contribution in [-0.4, -0.2) is 45.0 Å². The van der Waals surface area contributed by atoms with Gasteiger partial charge < -0.3 is 19.9 Å². The van der Waals surface area contributed by atoms with Gasteiger partial charge in [-0.3, -0.25) is 9.59 Å². The van der Waals surface area contributed by atoms with Gasteiger partial charge in [-0.15, -0.1) is 0 Å². The molecule has 1 aromatic carbocycles. The number of alkyl halides is 2. The summed E-state index contributed by atoms with van der Waals surface area (Å²) < 4.78 is 46.8. The normalized spacial score (nSPS) is 16.8. The van der Waals surface area contributed by atoms with Crippen LogP contribution in [0.3, 0.4) is 0 Å². The number of ether oxygens (including phenoxy) is 1. The number of H-pyrrole nitrogens is 1. The van der Waals surface area contributed by atoms with Crippen molar-refractivity contribution >= 4 is 22.8 Å². The summed E-state index contributed by atoms with van der Waals surface area (Å²) in [5.41, 5.74) is -0.857. The molecule has 0 bridgehead atoms. The van der Waals surface area contributed by atoms with Gasteiger partial charge in [-0.2, -0.15) is 0 Å². The SMILES string of the molecule is CC(=O)N1CCC(Oc2cc3c(N[C@H](C)c4cccc(C(F)F)c4F)nc(C)nc3[nH]c2=O)C1. The Morgan fingerprint density at radius 3 is 2.71 bits per heavy atom. The van der Waals surface area contributed by atoms with Gasteiger partial charge in [0.15, 0.2) is 5.75 Å². The second-order valence-electron chi connectivity index (χ2n) is 8.26. The molecule has 1 amide bonds. The molecule has 0 aliphatic carbocycles. The number of pyridine rings is 1. The topological polar surface area (TPSA) is 100 Å². The Morgan fingerprint density at radius 2 is 2.03 bits per heavy atom. The van der Waals surface area contributed by atoms with E-state index >= 15 is 0 Å². The van der Waals surface area contributed by atoms with E-state index in [1.54, 1.807) is 18.7 Å². The minimum atomic E-state index is -2.94. The lowest BCUT2D eigenvalue weighted by molar-refractivity contribution is -0.128. The zero-order valence-electron chi connectivity index (χ0n) is 18.9. The third kappa shape index (κ3) is 4.68. The Hall–Kier alpha value is -3.63. The summed E-state index contributed by atoms with van der Waals surface area (Å²) in [5.74, 6) is -0.375. The zero-order valence-corrected chi connectivity index (χ0v) is 18.9. The number of carbonyl (C=O) groups is 1. The van der Waals surface area contributed by atoms with Crippen molar-refractivity contribution in [1.29, 1.82) is 0 Å². The van der Waals surface area contributed by atoms with Crippen molar-refractivity contribution in [3.63, 3.8) is 0 Å². The number of aryl methyl sites for hydroxylation is 1. The summed E-state index contributed by atoms with van der Waals surface area (Å²) >= 11 is 0. The van der Waals surface area contributed by atoms with Crippen molar-refractivity contribution in [1.82, 2.24) is 19.9 Å². The zero-order chi connectivity index (χ0) is 24.6. The lowest BCUT2D eigenvalue weighted by Gasteiger charge is -2.19. The van der Waals surface area contributed by atoms with E-state index in [1.807, 2.05) is 0 Å². The molecule has 34 heavy (non-hydrogen) atoms. The number of halogens is 3. The van der Waals surface area contributed by atoms with E-state index in [-0.39, 0.29) is 34.8 Å². The maximum absolute atomic E-state index is 14.7. The minimum Gasteiger partial charge on any atom is -0.483 e. The van der Waals surface area contributed by atoms with Crippen LogP contribution in [0.2, 0.25) is 0 Å². The second kappa shape index (κ2) is 9.32. The van der Waals surface area contributed by atoms with Crippen LogP contribution in [0.5, 0.6) is 5.75 Å². The smallest absolute Gasteiger partial charge is 0.291 e. The van der Waals surface area contributed by atoms with E-state index in [2.05, 4.69) is 20.3 Å². The van der Waals surface area contributed by atoms with E-state index in [1.165, 1.54) is 25.1 Å². The number of benzene rings is 1. The largest absolute Gasteiger partial charge is 0.483 e. The molecule has 3 aromatic rings. The van der Waals surface area contributed by atoms with Gasteiger partial charge in [-0.05, 0) is 13.8 Å². The maximum Gasteiger partial charge on any atom is 0.291 e. The third-order valence-electron chi connectivity index (χ3n) is 5.79. The molecular weight excluding hydrogens is 451 g/mol. The summed E-state index contributed by atoms with van der Waals surface area (Å²) in [7, 11) is 0. The number of hydrogen-bond acceptors (Lipinski definition) is 6. The number of likely N-dealkylation sites (tertiary alicyclic amines) is 1. The third-order valence-corrected chi connectivity index (χ3v) is 5.79. The molecule has 2 N–H and O–H groups in total. The van der Waals surface area contributed by atoms with Gasteiger partial charge in [0.1, 0.15) is 29.2 Å². The van der Waals surface area contributed by atoms with Crippen LogP contribution in [0.4, 0.5) is 19.0 Å². The highest BCUT2D eigenvalue weighted by molar-refractivity contribution is 5.87. The Morgan fingerprint density at radius 1 is 1.29 bits per heavy atom. The molecule has 11 heteroatoms. The Balaban J connectivity index is 1.66. The van der Waals surface area contributed by atoms with Crippen molar-refractivity contribution in [3.8, 4) is 5.75 Å². The summed E-state index contributed by atoms with van der Waals surface area (Å²) in [6.07, 6.45) is -2.69. The summed E-state index contributed by atoms with van der Waals surface area (Å²) in [4.78, 5) is 37.1. The van der Waals surface area contributed by atoms with Crippen molar-refractivity contribution in [2.75, 3.05) is 18.4 Å². The van der Waals surface area contributed by atoms with E-state index in [9.17, 15) is 22.8 Å². The Kier molecular flexibility index (Phi) is 6.45. The fourth-order valence-corrected chi connectivity index (χ4v) is 4.02. The Bertz CT molecular complexity index is 1300.